The Morgan fingerprint density at radius 3 is 2.41 bits per heavy atom. The Morgan fingerprint density at radius 2 is 1.71 bits per heavy atom. The molecule has 1 aromatic carbocycles. The minimum Gasteiger partial charge on any atom is -0.487 e. The molecule has 0 bridgehead atoms. The van der Waals surface area contributed by atoms with Crippen LogP contribution in [0.25, 0.3) is 11.1 Å². The van der Waals surface area contributed by atoms with Crippen molar-refractivity contribution in [2.45, 2.75) is 83.4 Å². The van der Waals surface area contributed by atoms with Gasteiger partial charge < -0.3 is 29.0 Å². The van der Waals surface area contributed by atoms with Gasteiger partial charge in [0.15, 0.2) is 0 Å². The number of morpholine rings is 1. The molecular formula is C34H48Cl2N10O5. The lowest BCUT2D eigenvalue weighted by Gasteiger charge is -2.42. The highest BCUT2D eigenvalue weighted by Crippen LogP contribution is 2.36. The van der Waals surface area contributed by atoms with E-state index in [1.807, 2.05) is 29.9 Å². The lowest BCUT2D eigenvalue weighted by Crippen LogP contribution is -2.51. The fourth-order valence-corrected chi connectivity index (χ4v) is 6.78. The first-order chi connectivity index (χ1) is 24.3. The van der Waals surface area contributed by atoms with E-state index in [4.69, 9.17) is 40.4 Å². The number of halogens is 2. The lowest BCUT2D eigenvalue weighted by atomic mass is 9.89. The first-order valence-electron chi connectivity index (χ1n) is 17.3. The summed E-state index contributed by atoms with van der Waals surface area (Å²) >= 11 is 6.47. The molecule has 2 aliphatic rings. The number of hydrogen-bond donors (Lipinski definition) is 1. The number of nitrogens with zero attached hydrogens (tertiary/aromatic N) is 9. The second-order valence-electron chi connectivity index (χ2n) is 13.0. The van der Waals surface area contributed by atoms with Gasteiger partial charge in [-0.1, -0.05) is 17.7 Å². The molecule has 1 aliphatic carbocycles. The van der Waals surface area contributed by atoms with Crippen molar-refractivity contribution in [2.75, 3.05) is 51.9 Å². The zero-order valence-corrected chi connectivity index (χ0v) is 31.1. The number of aromatic nitrogens is 8. The van der Waals surface area contributed by atoms with Crippen molar-refractivity contribution in [1.82, 2.24) is 44.9 Å². The third-order valence-corrected chi connectivity index (χ3v) is 9.24. The molecule has 1 saturated carbocycles. The van der Waals surface area contributed by atoms with Crippen LogP contribution in [0.1, 0.15) is 52.5 Å². The van der Waals surface area contributed by atoms with Crippen LogP contribution in [0.15, 0.2) is 43.1 Å². The van der Waals surface area contributed by atoms with Gasteiger partial charge in [0.1, 0.15) is 30.5 Å². The lowest BCUT2D eigenvalue weighted by molar-refractivity contribution is -0.0852. The van der Waals surface area contributed by atoms with Crippen LogP contribution < -0.4 is 14.8 Å². The van der Waals surface area contributed by atoms with Crippen LogP contribution in [0.2, 0.25) is 5.02 Å². The second-order valence-corrected chi connectivity index (χ2v) is 13.4. The monoisotopic (exact) mass is 746 g/mol. The fourth-order valence-electron chi connectivity index (χ4n) is 6.62. The fraction of sp³-hybridized carbons (Fsp3) is 0.588. The Balaban J connectivity index is 0.00000504. The van der Waals surface area contributed by atoms with Crippen LogP contribution in [0.3, 0.4) is 0 Å². The molecule has 3 atom stereocenters. The van der Waals surface area contributed by atoms with E-state index >= 15 is 0 Å². The van der Waals surface area contributed by atoms with E-state index in [1.54, 1.807) is 36.6 Å². The highest BCUT2D eigenvalue weighted by atomic mass is 35.5. The number of hydrogen-bond acceptors (Lipinski definition) is 13. The molecular weight excluding hydrogens is 699 g/mol. The van der Waals surface area contributed by atoms with E-state index < -0.39 is 0 Å². The number of ether oxygens (including phenoxy) is 5. The van der Waals surface area contributed by atoms with Crippen LogP contribution in [-0.2, 0) is 20.8 Å². The van der Waals surface area contributed by atoms with Gasteiger partial charge in [-0.05, 0) is 74.6 Å². The van der Waals surface area contributed by atoms with Crippen LogP contribution in [0.4, 0.5) is 11.6 Å². The molecule has 1 saturated heterocycles. The molecule has 0 amide bonds. The summed E-state index contributed by atoms with van der Waals surface area (Å²) in [6.07, 6.45) is 11.7. The van der Waals surface area contributed by atoms with Gasteiger partial charge in [-0.15, -0.1) is 22.6 Å². The van der Waals surface area contributed by atoms with Crippen molar-refractivity contribution in [3.05, 3.63) is 48.1 Å². The molecule has 0 spiro atoms. The molecule has 4 aromatic rings. The maximum atomic E-state index is 6.47. The summed E-state index contributed by atoms with van der Waals surface area (Å²) in [5, 5.41) is 19.9. The molecule has 51 heavy (non-hydrogen) atoms. The van der Waals surface area contributed by atoms with Crippen molar-refractivity contribution in [1.29, 1.82) is 0 Å². The van der Waals surface area contributed by atoms with Crippen LogP contribution in [-0.4, -0.2) is 116 Å². The molecule has 6 rings (SSSR count). The largest absolute Gasteiger partial charge is 0.487 e. The summed E-state index contributed by atoms with van der Waals surface area (Å²) in [5.74, 6) is 1.46. The summed E-state index contributed by atoms with van der Waals surface area (Å²) in [6.45, 7) is 10.5. The minimum atomic E-state index is -0.212. The Bertz CT molecular complexity index is 1610. The molecule has 2 fully saturated rings. The topological polar surface area (TPSA) is 149 Å². The first kappa shape index (κ1) is 38.6. The van der Waals surface area contributed by atoms with E-state index in [-0.39, 0.29) is 36.8 Å². The van der Waals surface area contributed by atoms with Crippen molar-refractivity contribution in [3.8, 4) is 22.8 Å². The van der Waals surface area contributed by atoms with Crippen LogP contribution in [0, 0.1) is 0 Å². The number of methoxy groups -OCH3 is 1. The van der Waals surface area contributed by atoms with Crippen molar-refractivity contribution in [2.24, 2.45) is 0 Å². The second kappa shape index (κ2) is 18.8. The Morgan fingerprint density at radius 1 is 0.980 bits per heavy atom. The average Bonchev–Trinajstić information content (AvgIpc) is 3.77. The SMILES string of the molecule is COCCOCCOc1nn(C2CCC(N3C[C@@H](C)O[C@@H](C)C3)CC2)cc1Nc1ncc(-c2ccc(Cl)c(O[C@@H](C)Cn3cnnn3)c2)cn1.Cl. The van der Waals surface area contributed by atoms with Gasteiger partial charge in [0, 0.05) is 44.2 Å². The highest BCUT2D eigenvalue weighted by molar-refractivity contribution is 6.32. The zero-order valence-electron chi connectivity index (χ0n) is 29.6. The number of benzene rings is 1. The normalized spacial score (nSPS) is 21.5. The van der Waals surface area contributed by atoms with E-state index in [0.717, 1.165) is 49.9 Å². The van der Waals surface area contributed by atoms with Crippen LogP contribution >= 0.6 is 24.0 Å². The Hall–Kier alpha value is -3.60. The number of nitrogens with one attached hydrogen (secondary N) is 1. The predicted octanol–water partition coefficient (Wildman–Crippen LogP) is 5.25. The van der Waals surface area contributed by atoms with Crippen molar-refractivity contribution >= 4 is 35.6 Å². The Kier molecular flexibility index (Phi) is 14.2. The minimum absolute atomic E-state index is 0. The van der Waals surface area contributed by atoms with Gasteiger partial charge >= 0.3 is 0 Å². The summed E-state index contributed by atoms with van der Waals surface area (Å²) in [5.41, 5.74) is 2.38. The van der Waals surface area contributed by atoms with Crippen LogP contribution in [0.5, 0.6) is 11.6 Å². The number of tetrazole rings is 1. The molecule has 17 heteroatoms. The maximum absolute atomic E-state index is 6.47. The average molecular weight is 748 g/mol. The smallest absolute Gasteiger partial charge is 0.257 e. The van der Waals surface area contributed by atoms with Crippen molar-refractivity contribution < 1.29 is 23.7 Å². The third kappa shape index (κ3) is 10.7. The van der Waals surface area contributed by atoms with Gasteiger partial charge in [-0.3, -0.25) is 9.58 Å². The maximum Gasteiger partial charge on any atom is 0.257 e. The molecule has 4 heterocycles. The molecule has 1 N–H and O–H groups in total. The highest BCUT2D eigenvalue weighted by Gasteiger charge is 2.32. The van der Waals surface area contributed by atoms with E-state index in [9.17, 15) is 0 Å². The molecule has 1 aliphatic heterocycles. The first-order valence-corrected chi connectivity index (χ1v) is 17.7. The van der Waals surface area contributed by atoms with Gasteiger partial charge in [0.05, 0.1) is 55.8 Å². The quantitative estimate of drug-likeness (QED) is 0.149. The van der Waals surface area contributed by atoms with Gasteiger partial charge in [-0.2, -0.15) is 0 Å². The van der Waals surface area contributed by atoms with Gasteiger partial charge in [0.2, 0.25) is 5.95 Å². The summed E-state index contributed by atoms with van der Waals surface area (Å²) in [6, 6.07) is 6.44. The molecule has 3 aromatic heterocycles. The number of anilines is 2. The van der Waals surface area contributed by atoms with Crippen molar-refractivity contribution in [3.63, 3.8) is 0 Å². The summed E-state index contributed by atoms with van der Waals surface area (Å²) in [4.78, 5) is 11.8. The Labute approximate surface area is 309 Å². The van der Waals surface area contributed by atoms with E-state index in [1.165, 1.54) is 0 Å². The predicted molar refractivity (Wildman–Crippen MR) is 194 cm³/mol. The third-order valence-electron chi connectivity index (χ3n) is 8.93. The van der Waals surface area contributed by atoms with E-state index in [2.05, 4.69) is 49.6 Å². The molecule has 0 unspecified atom stereocenters. The molecule has 15 nitrogen and oxygen atoms in total. The zero-order chi connectivity index (χ0) is 34.9. The van der Waals surface area contributed by atoms with Gasteiger partial charge in [0.25, 0.3) is 5.88 Å². The summed E-state index contributed by atoms with van der Waals surface area (Å²) < 4.78 is 32.5. The van der Waals surface area contributed by atoms with E-state index in [0.29, 0.717) is 67.3 Å². The van der Waals surface area contributed by atoms with Gasteiger partial charge in [-0.25, -0.2) is 14.6 Å². The number of rotatable bonds is 16. The standard InChI is InChI=1S/C34H47ClN10O5.ClH/c1-23-18-43(19-24(2)49-23)28-6-8-29(9-7-28)45-21-31(33(40-45)48-14-13-47-12-11-46-4)39-34-36-16-27(17-37-34)26-5-10-30(35)32(15-26)50-25(3)20-44-22-38-41-42-44;/h5,10,15-17,21-25,28-29H,6-9,11-14,18-20H2,1-4H3,(H,36,37,39);1H/t23-,24+,25-,28?,29?;/m0./s1. The molecule has 0 radical (unpaired) electrons. The molecule has 278 valence electrons. The summed E-state index contributed by atoms with van der Waals surface area (Å²) in [7, 11) is 1.65.